The van der Waals surface area contributed by atoms with Gasteiger partial charge in [0.15, 0.2) is 17.6 Å². The Bertz CT molecular complexity index is 838. The zero-order valence-corrected chi connectivity index (χ0v) is 13.3. The van der Waals surface area contributed by atoms with E-state index in [0.717, 1.165) is 0 Å². The van der Waals surface area contributed by atoms with E-state index in [4.69, 9.17) is 19.9 Å². The summed E-state index contributed by atoms with van der Waals surface area (Å²) < 4.78 is 17.0. The predicted molar refractivity (Wildman–Crippen MR) is 88.8 cm³/mol. The van der Waals surface area contributed by atoms with Crippen LogP contribution in [0.15, 0.2) is 48.5 Å². The summed E-state index contributed by atoms with van der Waals surface area (Å²) in [5.41, 5.74) is 5.95. The van der Waals surface area contributed by atoms with Crippen LogP contribution < -0.4 is 24.8 Å². The quantitative estimate of drug-likeness (QED) is 0.884. The van der Waals surface area contributed by atoms with Gasteiger partial charge in [0.1, 0.15) is 12.4 Å². The van der Waals surface area contributed by atoms with E-state index in [9.17, 15) is 9.59 Å². The van der Waals surface area contributed by atoms with Gasteiger partial charge in [-0.2, -0.15) is 0 Å². The number of ether oxygens (including phenoxy) is 3. The second-order valence-electron chi connectivity index (χ2n) is 5.79. The number of benzene rings is 2. The first kappa shape index (κ1) is 15.3. The van der Waals surface area contributed by atoms with Crippen molar-refractivity contribution in [3.63, 3.8) is 0 Å². The molecule has 2 aromatic carbocycles. The lowest BCUT2D eigenvalue weighted by molar-refractivity contribution is -0.129. The lowest BCUT2D eigenvalue weighted by Crippen LogP contribution is -2.54. The lowest BCUT2D eigenvalue weighted by Gasteiger charge is -2.36. The van der Waals surface area contributed by atoms with Crippen molar-refractivity contribution in [2.24, 2.45) is 5.73 Å². The summed E-state index contributed by atoms with van der Waals surface area (Å²) in [4.78, 5) is 26.1. The van der Waals surface area contributed by atoms with Gasteiger partial charge in [0, 0.05) is 0 Å². The van der Waals surface area contributed by atoms with Crippen LogP contribution in [0.4, 0.5) is 5.69 Å². The second kappa shape index (κ2) is 6.01. The molecule has 0 radical (unpaired) electrons. The molecule has 2 atom stereocenters. The Hall–Kier alpha value is -3.22. The molecular weight excluding hydrogens is 324 g/mol. The van der Waals surface area contributed by atoms with E-state index < -0.39 is 18.1 Å². The highest BCUT2D eigenvalue weighted by Gasteiger charge is 2.38. The summed E-state index contributed by atoms with van der Waals surface area (Å²) in [5, 5.41) is 0. The second-order valence-corrected chi connectivity index (χ2v) is 5.79. The van der Waals surface area contributed by atoms with E-state index in [2.05, 4.69) is 0 Å². The van der Waals surface area contributed by atoms with Crippen molar-refractivity contribution < 1.29 is 23.8 Å². The van der Waals surface area contributed by atoms with Gasteiger partial charge >= 0.3 is 0 Å². The van der Waals surface area contributed by atoms with Crippen molar-refractivity contribution in [1.29, 1.82) is 0 Å². The van der Waals surface area contributed by atoms with Gasteiger partial charge in [0.05, 0.1) is 12.2 Å². The van der Waals surface area contributed by atoms with Crippen molar-refractivity contribution in [3.05, 3.63) is 48.5 Å². The molecule has 2 aliphatic heterocycles. The number of rotatable bonds is 2. The smallest absolute Gasteiger partial charge is 0.271 e. The number of para-hydroxylation sites is 4. The third-order valence-corrected chi connectivity index (χ3v) is 4.14. The number of hydrogen-bond acceptors (Lipinski definition) is 5. The van der Waals surface area contributed by atoms with Crippen LogP contribution in [0.3, 0.4) is 0 Å². The van der Waals surface area contributed by atoms with Crippen molar-refractivity contribution in [2.45, 2.75) is 12.2 Å². The van der Waals surface area contributed by atoms with Crippen LogP contribution in [0.2, 0.25) is 0 Å². The first-order valence-corrected chi connectivity index (χ1v) is 7.88. The summed E-state index contributed by atoms with van der Waals surface area (Å²) in [6.07, 6.45) is -1.72. The molecule has 7 heteroatoms. The minimum Gasteiger partial charge on any atom is -0.485 e. The molecule has 128 valence electrons. The van der Waals surface area contributed by atoms with Crippen LogP contribution in [0.25, 0.3) is 0 Å². The molecule has 0 saturated carbocycles. The monoisotopic (exact) mass is 340 g/mol. The number of hydrogen-bond donors (Lipinski definition) is 1. The van der Waals surface area contributed by atoms with Gasteiger partial charge in [0.2, 0.25) is 6.10 Å². The number of nitrogens with two attached hydrogens (primary N) is 1. The summed E-state index contributed by atoms with van der Waals surface area (Å²) in [6, 6.07) is 14.2. The highest BCUT2D eigenvalue weighted by molar-refractivity contribution is 6.00. The Morgan fingerprint density at radius 2 is 1.56 bits per heavy atom. The standard InChI is InChI=1S/C18H16N2O5/c19-17(21)15-9-20(11-5-1-2-6-12(11)24-15)18(22)16-10-23-13-7-3-4-8-14(13)25-16/h1-8,15-16H,9-10H2,(H2,19,21)/t15-,16-/m1/s1. The molecule has 2 aliphatic rings. The average Bonchev–Trinajstić information content (AvgIpc) is 2.66. The van der Waals surface area contributed by atoms with E-state index in [1.165, 1.54) is 4.90 Å². The van der Waals surface area contributed by atoms with Crippen molar-refractivity contribution in [3.8, 4) is 17.2 Å². The van der Waals surface area contributed by atoms with E-state index >= 15 is 0 Å². The molecule has 2 amide bonds. The molecule has 0 unspecified atom stereocenters. The molecule has 7 nitrogen and oxygen atoms in total. The van der Waals surface area contributed by atoms with Gasteiger partial charge in [0.25, 0.3) is 11.8 Å². The van der Waals surface area contributed by atoms with Crippen LogP contribution in [0.1, 0.15) is 0 Å². The fourth-order valence-electron chi connectivity index (χ4n) is 2.91. The Labute approximate surface area is 143 Å². The normalized spacial score (nSPS) is 21.0. The number of carbonyl (C=O) groups is 2. The van der Waals surface area contributed by atoms with Crippen molar-refractivity contribution >= 4 is 17.5 Å². The minimum absolute atomic E-state index is 0.0344. The van der Waals surface area contributed by atoms with Crippen molar-refractivity contribution in [2.75, 3.05) is 18.1 Å². The number of primary amides is 1. The van der Waals surface area contributed by atoms with Crippen LogP contribution >= 0.6 is 0 Å². The van der Waals surface area contributed by atoms with Crippen LogP contribution in [-0.2, 0) is 9.59 Å². The molecule has 2 heterocycles. The summed E-state index contributed by atoms with van der Waals surface area (Å²) in [7, 11) is 0. The van der Waals surface area contributed by atoms with Gasteiger partial charge in [-0.1, -0.05) is 24.3 Å². The number of fused-ring (bicyclic) bond motifs is 2. The minimum atomic E-state index is -0.907. The van der Waals surface area contributed by atoms with E-state index in [1.54, 1.807) is 36.4 Å². The third-order valence-electron chi connectivity index (χ3n) is 4.14. The molecule has 0 saturated heterocycles. The molecule has 0 aliphatic carbocycles. The molecule has 4 rings (SSSR count). The van der Waals surface area contributed by atoms with Crippen LogP contribution in [0.5, 0.6) is 17.2 Å². The maximum Gasteiger partial charge on any atom is 0.271 e. The third kappa shape index (κ3) is 2.73. The maximum atomic E-state index is 13.0. The summed E-state index contributed by atoms with van der Waals surface area (Å²) in [5.74, 6) is 0.613. The van der Waals surface area contributed by atoms with Crippen molar-refractivity contribution in [1.82, 2.24) is 0 Å². The highest BCUT2D eigenvalue weighted by Crippen LogP contribution is 2.35. The highest BCUT2D eigenvalue weighted by atomic mass is 16.6. The maximum absolute atomic E-state index is 13.0. The van der Waals surface area contributed by atoms with Crippen LogP contribution in [0, 0.1) is 0 Å². The molecule has 2 N–H and O–H groups in total. The summed E-state index contributed by atoms with van der Waals surface area (Å²) >= 11 is 0. The van der Waals surface area contributed by atoms with Gasteiger partial charge < -0.3 is 24.8 Å². The van der Waals surface area contributed by atoms with E-state index in [0.29, 0.717) is 22.9 Å². The van der Waals surface area contributed by atoms with E-state index in [1.807, 2.05) is 12.1 Å². The fraction of sp³-hybridized carbons (Fsp3) is 0.222. The molecule has 2 aromatic rings. The molecule has 25 heavy (non-hydrogen) atoms. The molecule has 0 fully saturated rings. The molecule has 0 bridgehead atoms. The van der Waals surface area contributed by atoms with Gasteiger partial charge in [-0.3, -0.25) is 9.59 Å². The Balaban J connectivity index is 1.62. The number of amides is 2. The Morgan fingerprint density at radius 1 is 0.920 bits per heavy atom. The zero-order valence-electron chi connectivity index (χ0n) is 13.3. The number of anilines is 1. The molecular formula is C18H16N2O5. The zero-order chi connectivity index (χ0) is 17.4. The van der Waals surface area contributed by atoms with E-state index in [-0.39, 0.29) is 19.1 Å². The van der Waals surface area contributed by atoms with Gasteiger partial charge in [-0.25, -0.2) is 0 Å². The topological polar surface area (TPSA) is 91.1 Å². The number of nitrogens with zero attached hydrogens (tertiary/aromatic N) is 1. The van der Waals surface area contributed by atoms with Gasteiger partial charge in [-0.15, -0.1) is 0 Å². The molecule has 0 aromatic heterocycles. The average molecular weight is 340 g/mol. The Kier molecular flexibility index (Phi) is 3.68. The van der Waals surface area contributed by atoms with Gasteiger partial charge in [-0.05, 0) is 24.3 Å². The molecule has 0 spiro atoms. The largest absolute Gasteiger partial charge is 0.485 e. The first-order chi connectivity index (χ1) is 12.1. The lowest BCUT2D eigenvalue weighted by atomic mass is 10.1. The number of carbonyl (C=O) groups excluding carboxylic acids is 2. The summed E-state index contributed by atoms with van der Waals surface area (Å²) in [6.45, 7) is 0.128. The SMILES string of the molecule is NC(=O)[C@H]1CN(C(=O)[C@H]2COc3ccccc3O2)c2ccccc2O1. The van der Waals surface area contributed by atoms with Crippen LogP contribution in [-0.4, -0.2) is 37.2 Å². The fourth-order valence-corrected chi connectivity index (χ4v) is 2.91. The first-order valence-electron chi connectivity index (χ1n) is 7.88. The predicted octanol–water partition coefficient (Wildman–Crippen LogP) is 1.11. The Morgan fingerprint density at radius 3 is 2.32 bits per heavy atom.